The first-order chi connectivity index (χ1) is 61.1. The van der Waals surface area contributed by atoms with Crippen molar-refractivity contribution < 1.29 is 137 Å². The van der Waals surface area contributed by atoms with Gasteiger partial charge in [-0.15, -0.1) is 11.3 Å². The number of halogens is 3. The molecular formula is C87H99Cl3N11O27S+. The van der Waals surface area contributed by atoms with Gasteiger partial charge >= 0.3 is 11.9 Å². The Morgan fingerprint density at radius 3 is 2.02 bits per heavy atom. The van der Waals surface area contributed by atoms with Crippen LogP contribution in [0.4, 0.5) is 0 Å². The second-order valence-electron chi connectivity index (χ2n) is 33.6. The molecule has 4 fully saturated rings. The molecule has 42 heteroatoms. The molecular weight excluding hydrogens is 1770 g/mol. The van der Waals surface area contributed by atoms with Crippen molar-refractivity contribution in [3.05, 3.63) is 174 Å². The van der Waals surface area contributed by atoms with E-state index in [1.165, 1.54) is 68.6 Å². The number of nitrogens with two attached hydrogens (primary N) is 3. The molecule has 129 heavy (non-hydrogen) atoms. The molecule has 23 atom stereocenters. The molecule has 0 radical (unpaired) electrons. The maximum Gasteiger partial charge on any atom is 0.342 e. The van der Waals surface area contributed by atoms with Crippen LogP contribution in [0.5, 0.6) is 46.0 Å². The van der Waals surface area contributed by atoms with Crippen LogP contribution in [-0.4, -0.2) is 238 Å². The summed E-state index contributed by atoms with van der Waals surface area (Å²) in [5, 5.41) is 149. The number of benzene rings is 6. The van der Waals surface area contributed by atoms with Crippen molar-refractivity contribution in [2.45, 2.75) is 201 Å². The summed E-state index contributed by atoms with van der Waals surface area (Å²) in [6.07, 6.45) is -25.6. The van der Waals surface area contributed by atoms with Gasteiger partial charge in [0.15, 0.2) is 48.4 Å². The standard InChI is InChI=1S/C87H98Cl3N11O27S/c1-34(2)19-50(94-6)80(115)100-68-71(108)40-11-17-56(48(90)22-40)123-59-24-41-23-58(76(59)127-86-75(112)74(111)77(61(33-102)126-86)128-85-69(96-36(4)103)73(110)72(109)60(125-85)31-95-30-44-14-18-62(129-44)37-7-12-42(88)13-8-37)122-55-16-10-38(21-47(55)89)57(124-64-29-87(5,93)78(113)35(3)121-64)28-63(107)98-67(84(119)120)46-25-43(104)26-54(106)65(46)45-20-39(9-15-53(45)105)66(79(92)114)99-82(117)70(41)101-32-52(101)49(91)27-51(83(101)118)97-81(68)116/h7-18,20-26,34-35,50-51,57,60-61,64,66-75,77-78,85-86,94-95,102,108-113H,19,27-33,91,93H2,1-6H3,(H10-,92,96,97,98,99,100,103,104,105,106,107,114,115,116,117,119,120)/p+1. The summed E-state index contributed by atoms with van der Waals surface area (Å²) in [6.45, 7) is 6.37. The van der Waals surface area contributed by atoms with Crippen molar-refractivity contribution in [1.29, 1.82) is 0 Å². The number of nitrogens with zero attached hydrogens (tertiary/aromatic N) is 1. The molecule has 23 unspecified atom stereocenters. The second-order valence-corrected chi connectivity index (χ2v) is 36.0. The summed E-state index contributed by atoms with van der Waals surface area (Å²) in [5.41, 5.74) is 16.9. The summed E-state index contributed by atoms with van der Waals surface area (Å²) >= 11 is 22.2. The number of likely N-dealkylation sites (N-methyl/N-ethyl adjacent to an activating group) is 1. The lowest BCUT2D eigenvalue weighted by Crippen LogP contribution is -2.68. The summed E-state index contributed by atoms with van der Waals surface area (Å²) < 4.78 is 51.0. The predicted octanol–water partition coefficient (Wildman–Crippen LogP) is 3.57. The van der Waals surface area contributed by atoms with Crippen molar-refractivity contribution in [3.8, 4) is 67.6 Å². The average molecular weight is 1870 g/mol. The number of carbonyl (C=O) groups excluding carboxylic acids is 7. The number of aliphatic carboxylic acids is 1. The second kappa shape index (κ2) is 38.5. The van der Waals surface area contributed by atoms with Crippen LogP contribution in [-0.2, 0) is 68.6 Å². The fourth-order valence-corrected chi connectivity index (χ4v) is 18.7. The van der Waals surface area contributed by atoms with E-state index in [1.54, 1.807) is 12.1 Å². The zero-order valence-corrected chi connectivity index (χ0v) is 73.1. The van der Waals surface area contributed by atoms with Crippen molar-refractivity contribution in [2.24, 2.45) is 23.1 Å². The van der Waals surface area contributed by atoms with Crippen LogP contribution in [0.15, 0.2) is 127 Å². The molecule has 7 aromatic rings. The van der Waals surface area contributed by atoms with Crippen LogP contribution in [0.25, 0.3) is 21.6 Å². The molecule has 16 rings (SSSR count). The zero-order chi connectivity index (χ0) is 93.0. The number of aliphatic hydroxyl groups excluding tert-OH is 7. The number of aliphatic hydroxyl groups is 7. The van der Waals surface area contributed by atoms with Crippen molar-refractivity contribution in [3.63, 3.8) is 0 Å². The lowest BCUT2D eigenvalue weighted by atomic mass is 9.86. The molecule has 1 spiro atoms. The van der Waals surface area contributed by atoms with Gasteiger partial charge in [-0.1, -0.05) is 79.0 Å². The van der Waals surface area contributed by atoms with Crippen LogP contribution < -0.4 is 68.6 Å². The SMILES string of the molecule is CNC(CC(C)C)C(=O)NC1C(=O)NC2CC(N)=C3C[N+]3(C2=O)C2C(=O)NC(C(N)=O)c3ccc(O)c(c3)-c3c(O)cc(O)cc3C(C(=O)O)NC(=O)CC(OC3CC(C)(N)C(O)C(C)O3)c3ccc(c(Cl)c3)Oc3cc2cc(c3OC2OC(CO)C(OC3OC(CNCc4ccc(-c5ccc(Cl)cc5)s4)C(O)C(O)C3NC(C)=O)C(O)C2O)Oc2ccc(cc2Cl)C1O. The maximum atomic E-state index is 16.6. The topological polar surface area (TPSA) is 595 Å². The molecule has 10 heterocycles. The Kier molecular flexibility index (Phi) is 28.3. The maximum absolute atomic E-state index is 16.6. The molecule has 6 aromatic carbocycles. The number of rotatable bonds is 20. The van der Waals surface area contributed by atoms with E-state index in [-0.39, 0.29) is 87.0 Å². The number of quaternary nitrogens is 1. The molecule has 690 valence electrons. The molecule has 24 N–H and O–H groups in total. The summed E-state index contributed by atoms with van der Waals surface area (Å²) in [6, 6.07) is 12.6. The molecule has 9 aliphatic rings. The fourth-order valence-electron chi connectivity index (χ4n) is 17.2. The normalized spacial score (nSPS) is 30.2. The largest absolute Gasteiger partial charge is 0.508 e. The highest BCUT2D eigenvalue weighted by Gasteiger charge is 2.70. The number of carboxylic acids is 1. The van der Waals surface area contributed by atoms with E-state index in [1.807, 2.05) is 38.1 Å². The number of phenols is 3. The van der Waals surface area contributed by atoms with Gasteiger partial charge in [-0.05, 0) is 134 Å². The minimum atomic E-state index is -2.35. The number of fused-ring (bicyclic) bond motifs is 13. The average Bonchev–Trinajstić information content (AvgIpc) is 1.52. The Labute approximate surface area is 756 Å². The lowest BCUT2D eigenvalue weighted by molar-refractivity contribution is -0.727. The fraction of sp³-hybridized carbons (Fsp3) is 0.425. The van der Waals surface area contributed by atoms with Gasteiger partial charge in [0, 0.05) is 81.5 Å². The Morgan fingerprint density at radius 1 is 0.713 bits per heavy atom. The Morgan fingerprint density at radius 2 is 1.38 bits per heavy atom. The van der Waals surface area contributed by atoms with Gasteiger partial charge in [-0.25, -0.2) is 14.1 Å². The number of ether oxygens (including phenoxy) is 8. The van der Waals surface area contributed by atoms with E-state index in [9.17, 15) is 80.1 Å². The number of nitrogens with one attached hydrogen (secondary N) is 7. The molecule has 1 aromatic heterocycles. The molecule has 0 aliphatic carbocycles. The highest BCUT2D eigenvalue weighted by atomic mass is 35.5. The number of aromatic hydroxyl groups is 3. The number of amides is 7. The van der Waals surface area contributed by atoms with E-state index < -0.39 is 263 Å². The predicted molar refractivity (Wildman–Crippen MR) is 459 cm³/mol. The highest BCUT2D eigenvalue weighted by Crippen LogP contribution is 2.56. The Hall–Kier alpha value is -10.5. The molecule has 9 aliphatic heterocycles. The van der Waals surface area contributed by atoms with Crippen LogP contribution >= 0.6 is 46.1 Å². The van der Waals surface area contributed by atoms with Gasteiger partial charge in [0.25, 0.3) is 5.91 Å². The van der Waals surface area contributed by atoms with E-state index in [0.29, 0.717) is 5.02 Å². The molecule has 4 saturated heterocycles. The van der Waals surface area contributed by atoms with Gasteiger partial charge in [0.1, 0.15) is 95.7 Å². The summed E-state index contributed by atoms with van der Waals surface area (Å²) in [5.74, 6) is -14.4. The van der Waals surface area contributed by atoms with E-state index in [4.69, 9.17) is 89.9 Å². The minimum absolute atomic E-state index is 0.0150. The lowest BCUT2D eigenvalue weighted by Gasteiger charge is -2.47. The number of carboxylic acid groups (broad SMARTS) is 1. The molecule has 7 amide bonds. The van der Waals surface area contributed by atoms with Crippen LogP contribution in [0.2, 0.25) is 15.1 Å². The van der Waals surface area contributed by atoms with Gasteiger partial charge in [0.2, 0.25) is 47.6 Å². The minimum Gasteiger partial charge on any atom is -0.508 e. The van der Waals surface area contributed by atoms with Crippen LogP contribution in [0.1, 0.15) is 123 Å². The summed E-state index contributed by atoms with van der Waals surface area (Å²) in [4.78, 5) is 120. The number of carbonyl (C=O) groups is 8. The Balaban J connectivity index is 0.930. The quantitative estimate of drug-likeness (QED) is 0.0383. The third-order valence-corrected chi connectivity index (χ3v) is 25.8. The van der Waals surface area contributed by atoms with Gasteiger partial charge < -0.3 is 148 Å². The summed E-state index contributed by atoms with van der Waals surface area (Å²) in [7, 11) is 1.51. The van der Waals surface area contributed by atoms with Crippen LogP contribution in [0.3, 0.4) is 0 Å². The first-order valence-corrected chi connectivity index (χ1v) is 43.2. The monoisotopic (exact) mass is 1870 g/mol. The first kappa shape index (κ1) is 94.7. The third kappa shape index (κ3) is 19.8. The van der Waals surface area contributed by atoms with Gasteiger partial charge in [-0.3, -0.25) is 28.8 Å². The van der Waals surface area contributed by atoms with Crippen molar-refractivity contribution in [2.75, 3.05) is 26.7 Å². The zero-order valence-electron chi connectivity index (χ0n) is 70.0. The molecule has 38 nitrogen and oxygen atoms in total. The molecule has 0 saturated carbocycles. The number of primary amides is 1. The highest BCUT2D eigenvalue weighted by molar-refractivity contribution is 7.15. The van der Waals surface area contributed by atoms with E-state index in [0.717, 1.165) is 64.7 Å². The first-order valence-electron chi connectivity index (χ1n) is 41.2. The number of hydrogen-bond donors (Lipinski definition) is 21. The number of thiophene rings is 1. The third-order valence-electron chi connectivity index (χ3n) is 23.8. The van der Waals surface area contributed by atoms with Gasteiger partial charge in [-0.2, -0.15) is 0 Å². The number of hydrogen-bond acceptors (Lipinski definition) is 31. The van der Waals surface area contributed by atoms with Crippen molar-refractivity contribution in [1.82, 2.24) is 37.2 Å². The smallest absolute Gasteiger partial charge is 0.342 e. The van der Waals surface area contributed by atoms with Crippen LogP contribution in [0, 0.1) is 5.92 Å². The van der Waals surface area contributed by atoms with Crippen molar-refractivity contribution >= 4 is 93.5 Å². The number of phenolic OH excluding ortho intramolecular Hbond substituents is 3. The van der Waals surface area contributed by atoms with E-state index >= 15 is 14.4 Å². The van der Waals surface area contributed by atoms with Gasteiger partial charge in [0.05, 0.1) is 53.1 Å². The van der Waals surface area contributed by atoms with E-state index in [2.05, 4.69) is 37.2 Å². The Bertz CT molecular complexity index is 5520. The molecule has 11 bridgehead atoms.